The summed E-state index contributed by atoms with van der Waals surface area (Å²) in [6.45, 7) is 11.0. The summed E-state index contributed by atoms with van der Waals surface area (Å²) < 4.78 is 9.86. The highest BCUT2D eigenvalue weighted by Crippen LogP contribution is 2.45. The standard InChI is InChI=1S/C34H44N2O8/c1-9-11-23(37)25-21(17-33(3,4)27(29(25)39)31(41)43-7)35-19-13-15-20(16-14-19)36-22-18-34(5,6)28(32(42)44-8)30(40)26(22)24(38)12-10-2/h13-16,27-28,39-40H,9-12,17-18H2,1-8H3/t27-,28-/m0/s1. The number of hydrogen-bond acceptors (Lipinski definition) is 10. The lowest BCUT2D eigenvalue weighted by molar-refractivity contribution is -0.150. The second-order valence-electron chi connectivity index (χ2n) is 12.7. The van der Waals surface area contributed by atoms with Crippen molar-refractivity contribution in [3.8, 4) is 0 Å². The number of carbonyl (C=O) groups is 4. The Morgan fingerprint density at radius 2 is 1.02 bits per heavy atom. The smallest absolute Gasteiger partial charge is 0.316 e. The number of nitrogens with zero attached hydrogens (tertiary/aromatic N) is 2. The molecule has 0 radical (unpaired) electrons. The summed E-state index contributed by atoms with van der Waals surface area (Å²) in [6.07, 6.45) is 2.03. The lowest BCUT2D eigenvalue weighted by Gasteiger charge is -2.37. The van der Waals surface area contributed by atoms with Crippen LogP contribution < -0.4 is 0 Å². The van der Waals surface area contributed by atoms with Gasteiger partial charge in [0.25, 0.3) is 0 Å². The van der Waals surface area contributed by atoms with E-state index >= 15 is 0 Å². The van der Waals surface area contributed by atoms with Crippen molar-refractivity contribution in [2.24, 2.45) is 32.7 Å². The van der Waals surface area contributed by atoms with Gasteiger partial charge in [-0.3, -0.25) is 29.2 Å². The molecule has 10 nitrogen and oxygen atoms in total. The SMILES string of the molecule is CCCC(=O)C1=C(O)[C@@H](C(=O)OC)C(C)(C)CC1=Nc1ccc(N=C2CC(C)(C)[C@H](C(=O)OC)C(O)=C2C(=O)CCC)cc1. The first-order chi connectivity index (χ1) is 20.6. The average molecular weight is 609 g/mol. The van der Waals surface area contributed by atoms with Crippen molar-refractivity contribution in [3.63, 3.8) is 0 Å². The number of allylic oxidation sites excluding steroid dienone is 2. The second kappa shape index (κ2) is 13.7. The number of aliphatic hydroxyl groups excluding tert-OH is 2. The van der Waals surface area contributed by atoms with Crippen LogP contribution in [0.4, 0.5) is 11.4 Å². The molecule has 0 amide bonds. The zero-order chi connectivity index (χ0) is 33.0. The van der Waals surface area contributed by atoms with E-state index in [9.17, 15) is 29.4 Å². The molecule has 0 saturated carbocycles. The van der Waals surface area contributed by atoms with E-state index in [2.05, 4.69) is 0 Å². The third-order valence-electron chi connectivity index (χ3n) is 8.21. The molecule has 0 bridgehead atoms. The maximum atomic E-state index is 13.1. The Hall–Kier alpha value is -4.08. The number of methoxy groups -OCH3 is 2. The van der Waals surface area contributed by atoms with Gasteiger partial charge in [-0.2, -0.15) is 0 Å². The van der Waals surface area contributed by atoms with Crippen LogP contribution in [0, 0.1) is 22.7 Å². The van der Waals surface area contributed by atoms with E-state index in [0.717, 1.165) is 0 Å². The minimum atomic E-state index is -0.993. The summed E-state index contributed by atoms with van der Waals surface area (Å²) in [5.41, 5.74) is 0.349. The summed E-state index contributed by atoms with van der Waals surface area (Å²) in [5, 5.41) is 22.3. The number of aliphatic hydroxyl groups is 2. The molecule has 0 unspecified atom stereocenters. The van der Waals surface area contributed by atoms with Crippen LogP contribution >= 0.6 is 0 Å². The van der Waals surface area contributed by atoms with E-state index in [1.165, 1.54) is 14.2 Å². The molecule has 0 aliphatic heterocycles. The largest absolute Gasteiger partial charge is 0.511 e. The Labute approximate surface area is 259 Å². The molecule has 0 fully saturated rings. The van der Waals surface area contributed by atoms with Gasteiger partial charge in [0.05, 0.1) is 48.2 Å². The highest BCUT2D eigenvalue weighted by atomic mass is 16.5. The van der Waals surface area contributed by atoms with Gasteiger partial charge in [-0.05, 0) is 60.8 Å². The van der Waals surface area contributed by atoms with Crippen LogP contribution in [0.3, 0.4) is 0 Å². The van der Waals surface area contributed by atoms with E-state index in [-0.39, 0.29) is 59.9 Å². The molecule has 1 aromatic rings. The molecule has 3 rings (SSSR count). The Kier molecular flexibility index (Phi) is 10.7. The molecule has 1 aromatic carbocycles. The van der Waals surface area contributed by atoms with Crippen molar-refractivity contribution in [1.29, 1.82) is 0 Å². The van der Waals surface area contributed by atoms with E-state index in [4.69, 9.17) is 19.5 Å². The van der Waals surface area contributed by atoms with Crippen molar-refractivity contribution in [1.82, 2.24) is 0 Å². The first-order valence-electron chi connectivity index (χ1n) is 15.0. The van der Waals surface area contributed by atoms with Gasteiger partial charge in [0.1, 0.15) is 23.4 Å². The fraction of sp³-hybridized carbons (Fsp3) is 0.529. The van der Waals surface area contributed by atoms with E-state index in [1.807, 2.05) is 41.5 Å². The lowest BCUT2D eigenvalue weighted by atomic mass is 9.67. The zero-order valence-electron chi connectivity index (χ0n) is 26.9. The minimum absolute atomic E-state index is 0.0511. The predicted octanol–water partition coefficient (Wildman–Crippen LogP) is 6.63. The van der Waals surface area contributed by atoms with Crippen molar-refractivity contribution in [2.75, 3.05) is 14.2 Å². The Bertz CT molecular complexity index is 1330. The van der Waals surface area contributed by atoms with Crippen LogP contribution in [-0.2, 0) is 28.7 Å². The Morgan fingerprint density at radius 1 is 0.705 bits per heavy atom. The van der Waals surface area contributed by atoms with Gasteiger partial charge in [-0.25, -0.2) is 0 Å². The maximum absolute atomic E-state index is 13.1. The number of ketones is 2. The van der Waals surface area contributed by atoms with Gasteiger partial charge < -0.3 is 19.7 Å². The monoisotopic (exact) mass is 608 g/mol. The third-order valence-corrected chi connectivity index (χ3v) is 8.21. The quantitative estimate of drug-likeness (QED) is 0.281. The van der Waals surface area contributed by atoms with Gasteiger partial charge in [0.15, 0.2) is 11.6 Å². The number of hydrogen-bond donors (Lipinski definition) is 2. The Morgan fingerprint density at radius 3 is 1.30 bits per heavy atom. The number of Topliss-reactive ketones (excluding diaryl/α,β-unsaturated/α-hetero) is 2. The fourth-order valence-electron chi connectivity index (χ4n) is 6.08. The molecular formula is C34H44N2O8. The topological polar surface area (TPSA) is 152 Å². The van der Waals surface area contributed by atoms with Crippen LogP contribution in [0.5, 0.6) is 0 Å². The molecule has 2 aliphatic carbocycles. The Balaban J connectivity index is 2.08. The first kappa shape index (κ1) is 34.4. The number of esters is 2. The molecule has 2 atom stereocenters. The fourth-order valence-corrected chi connectivity index (χ4v) is 6.08. The van der Waals surface area contributed by atoms with Crippen LogP contribution in [0.25, 0.3) is 0 Å². The summed E-state index contributed by atoms with van der Waals surface area (Å²) in [6, 6.07) is 6.81. The van der Waals surface area contributed by atoms with Crippen molar-refractivity contribution >= 4 is 46.3 Å². The minimum Gasteiger partial charge on any atom is -0.511 e. The second-order valence-corrected chi connectivity index (χ2v) is 12.7. The van der Waals surface area contributed by atoms with E-state index in [1.54, 1.807) is 24.3 Å². The zero-order valence-corrected chi connectivity index (χ0v) is 26.9. The summed E-state index contributed by atoms with van der Waals surface area (Å²) in [7, 11) is 2.50. The van der Waals surface area contributed by atoms with Crippen LogP contribution in [0.15, 0.2) is 56.9 Å². The first-order valence-corrected chi connectivity index (χ1v) is 15.0. The summed E-state index contributed by atoms with van der Waals surface area (Å²) >= 11 is 0. The van der Waals surface area contributed by atoms with Gasteiger partial charge >= 0.3 is 11.9 Å². The van der Waals surface area contributed by atoms with E-state index in [0.29, 0.717) is 35.6 Å². The van der Waals surface area contributed by atoms with Gasteiger partial charge in [-0.15, -0.1) is 0 Å². The van der Waals surface area contributed by atoms with Crippen LogP contribution in [0.1, 0.15) is 80.1 Å². The molecule has 0 saturated heterocycles. The van der Waals surface area contributed by atoms with Crippen molar-refractivity contribution < 1.29 is 38.9 Å². The normalized spacial score (nSPS) is 23.1. The summed E-state index contributed by atoms with van der Waals surface area (Å²) in [4.78, 5) is 60.8. The van der Waals surface area contributed by atoms with Crippen LogP contribution in [0.2, 0.25) is 0 Å². The van der Waals surface area contributed by atoms with Crippen molar-refractivity contribution in [2.45, 2.75) is 80.1 Å². The highest BCUT2D eigenvalue weighted by molar-refractivity contribution is 6.25. The maximum Gasteiger partial charge on any atom is 0.316 e. The number of ether oxygens (including phenoxy) is 2. The van der Waals surface area contributed by atoms with Gasteiger partial charge in [-0.1, -0.05) is 41.5 Å². The molecule has 44 heavy (non-hydrogen) atoms. The average Bonchev–Trinajstić information content (AvgIpc) is 2.92. The number of benzene rings is 1. The molecule has 238 valence electrons. The number of rotatable bonds is 10. The van der Waals surface area contributed by atoms with E-state index < -0.39 is 34.6 Å². The molecule has 0 heterocycles. The third kappa shape index (κ3) is 7.00. The lowest BCUT2D eigenvalue weighted by Crippen LogP contribution is -2.41. The molecule has 10 heteroatoms. The van der Waals surface area contributed by atoms with Crippen molar-refractivity contribution in [3.05, 3.63) is 46.9 Å². The molecule has 0 aromatic heterocycles. The summed E-state index contributed by atoms with van der Waals surface area (Å²) in [5.74, 6) is -4.45. The molecule has 2 aliphatic rings. The predicted molar refractivity (Wildman–Crippen MR) is 168 cm³/mol. The molecule has 0 spiro atoms. The highest BCUT2D eigenvalue weighted by Gasteiger charge is 2.48. The van der Waals surface area contributed by atoms with Gasteiger partial charge in [0, 0.05) is 12.8 Å². The molecular weight excluding hydrogens is 564 g/mol. The van der Waals surface area contributed by atoms with Crippen LogP contribution in [-0.4, -0.2) is 59.4 Å². The van der Waals surface area contributed by atoms with Gasteiger partial charge in [0.2, 0.25) is 0 Å². The molecule has 2 N–H and O–H groups in total. The number of aliphatic imine (C=N–C) groups is 2. The number of carbonyl (C=O) groups excluding carboxylic acids is 4.